The first kappa shape index (κ1) is 11.6. The maximum Gasteiger partial charge on any atom is 0.0933 e. The second-order valence-corrected chi connectivity index (χ2v) is 3.84. The largest absolute Gasteiger partial charge is 0.389 e. The highest BCUT2D eigenvalue weighted by atomic mass is 16.5. The SMILES string of the molecule is CCCCCCC#C[C@@H]1COC[C@H]1O. The van der Waals surface area contributed by atoms with Crippen molar-refractivity contribution in [1.29, 1.82) is 0 Å². The second kappa shape index (κ2) is 6.86. The quantitative estimate of drug-likeness (QED) is 0.550. The van der Waals surface area contributed by atoms with E-state index in [1.807, 2.05) is 0 Å². The zero-order valence-electron chi connectivity index (χ0n) is 8.96. The number of ether oxygens (including phenoxy) is 1. The minimum absolute atomic E-state index is 0.0566. The van der Waals surface area contributed by atoms with Crippen molar-refractivity contribution >= 4 is 0 Å². The number of unbranched alkanes of at least 4 members (excludes halogenated alkanes) is 4. The molecule has 80 valence electrons. The molecule has 0 aromatic carbocycles. The van der Waals surface area contributed by atoms with Crippen LogP contribution in [-0.2, 0) is 4.74 Å². The van der Waals surface area contributed by atoms with Crippen LogP contribution in [-0.4, -0.2) is 24.4 Å². The Balaban J connectivity index is 2.07. The minimum Gasteiger partial charge on any atom is -0.389 e. The molecule has 14 heavy (non-hydrogen) atoms. The lowest BCUT2D eigenvalue weighted by atomic mass is 10.1. The molecule has 1 fully saturated rings. The average molecular weight is 196 g/mol. The molecule has 2 nitrogen and oxygen atoms in total. The van der Waals surface area contributed by atoms with Gasteiger partial charge in [-0.1, -0.05) is 32.1 Å². The van der Waals surface area contributed by atoms with Gasteiger partial charge in [-0.2, -0.15) is 0 Å². The first-order valence-corrected chi connectivity index (χ1v) is 5.58. The van der Waals surface area contributed by atoms with Gasteiger partial charge in [0.15, 0.2) is 0 Å². The molecule has 1 aliphatic heterocycles. The summed E-state index contributed by atoms with van der Waals surface area (Å²) >= 11 is 0. The third-order valence-corrected chi connectivity index (χ3v) is 2.49. The highest BCUT2D eigenvalue weighted by molar-refractivity contribution is 5.07. The molecule has 1 rings (SSSR count). The minimum atomic E-state index is -0.363. The summed E-state index contributed by atoms with van der Waals surface area (Å²) in [5, 5.41) is 9.40. The normalized spacial score (nSPS) is 25.9. The van der Waals surface area contributed by atoms with E-state index in [9.17, 15) is 5.11 Å². The lowest BCUT2D eigenvalue weighted by molar-refractivity contribution is 0.123. The van der Waals surface area contributed by atoms with Crippen molar-refractivity contribution in [3.05, 3.63) is 0 Å². The van der Waals surface area contributed by atoms with Crippen LogP contribution in [0.5, 0.6) is 0 Å². The molecule has 0 radical (unpaired) electrons. The van der Waals surface area contributed by atoms with Crippen molar-refractivity contribution in [2.24, 2.45) is 5.92 Å². The molecule has 1 heterocycles. The maximum absolute atomic E-state index is 9.40. The van der Waals surface area contributed by atoms with E-state index < -0.39 is 0 Å². The van der Waals surface area contributed by atoms with Gasteiger partial charge in [-0.3, -0.25) is 0 Å². The van der Waals surface area contributed by atoms with E-state index >= 15 is 0 Å². The zero-order valence-corrected chi connectivity index (χ0v) is 8.96. The van der Waals surface area contributed by atoms with Gasteiger partial charge in [-0.25, -0.2) is 0 Å². The van der Waals surface area contributed by atoms with E-state index in [1.54, 1.807) is 0 Å². The molecule has 1 aliphatic rings. The number of hydrogen-bond donors (Lipinski definition) is 1. The monoisotopic (exact) mass is 196 g/mol. The van der Waals surface area contributed by atoms with Crippen molar-refractivity contribution in [2.75, 3.05) is 13.2 Å². The van der Waals surface area contributed by atoms with Gasteiger partial charge in [-0.15, -0.1) is 5.92 Å². The fourth-order valence-corrected chi connectivity index (χ4v) is 1.52. The van der Waals surface area contributed by atoms with Gasteiger partial charge in [0.25, 0.3) is 0 Å². The summed E-state index contributed by atoms with van der Waals surface area (Å²) in [4.78, 5) is 0. The van der Waals surface area contributed by atoms with Crippen LogP contribution < -0.4 is 0 Å². The lowest BCUT2D eigenvalue weighted by Crippen LogP contribution is -2.15. The molecule has 2 atom stereocenters. The molecule has 0 aliphatic carbocycles. The Labute approximate surface area is 86.7 Å². The van der Waals surface area contributed by atoms with Gasteiger partial charge in [0.2, 0.25) is 0 Å². The van der Waals surface area contributed by atoms with E-state index in [-0.39, 0.29) is 12.0 Å². The highest BCUT2D eigenvalue weighted by Gasteiger charge is 2.23. The van der Waals surface area contributed by atoms with Crippen molar-refractivity contribution in [2.45, 2.75) is 45.1 Å². The molecule has 0 bridgehead atoms. The Morgan fingerprint density at radius 3 is 2.79 bits per heavy atom. The molecular weight excluding hydrogens is 176 g/mol. The average Bonchev–Trinajstić information content (AvgIpc) is 2.58. The predicted octanol–water partition coefficient (Wildman–Crippen LogP) is 1.97. The molecule has 0 aromatic heterocycles. The standard InChI is InChI=1S/C12H20O2/c1-2-3-4-5-6-7-8-11-9-14-10-12(11)13/h11-13H,2-6,9-10H2,1H3/t11-,12-/m1/s1. The fourth-order valence-electron chi connectivity index (χ4n) is 1.52. The first-order valence-electron chi connectivity index (χ1n) is 5.58. The van der Waals surface area contributed by atoms with E-state index in [2.05, 4.69) is 18.8 Å². The van der Waals surface area contributed by atoms with Crippen LogP contribution in [0.4, 0.5) is 0 Å². The zero-order chi connectivity index (χ0) is 10.2. The summed E-state index contributed by atoms with van der Waals surface area (Å²) in [6, 6.07) is 0. The Morgan fingerprint density at radius 1 is 1.29 bits per heavy atom. The summed E-state index contributed by atoms with van der Waals surface area (Å²) in [6.45, 7) is 3.26. The van der Waals surface area contributed by atoms with Crippen LogP contribution in [0.25, 0.3) is 0 Å². The summed E-state index contributed by atoms with van der Waals surface area (Å²) in [5.41, 5.74) is 0. The van der Waals surface area contributed by atoms with E-state index in [0.29, 0.717) is 13.2 Å². The summed E-state index contributed by atoms with van der Waals surface area (Å²) in [6.07, 6.45) is 5.63. The Bertz CT molecular complexity index is 202. The molecule has 1 saturated heterocycles. The molecule has 0 saturated carbocycles. The smallest absolute Gasteiger partial charge is 0.0933 e. The van der Waals surface area contributed by atoms with Gasteiger partial charge in [0.1, 0.15) is 0 Å². The van der Waals surface area contributed by atoms with Crippen LogP contribution in [0.15, 0.2) is 0 Å². The number of hydrogen-bond acceptors (Lipinski definition) is 2. The second-order valence-electron chi connectivity index (χ2n) is 3.84. The Kier molecular flexibility index (Phi) is 5.66. The molecule has 0 spiro atoms. The number of aliphatic hydroxyl groups excluding tert-OH is 1. The molecule has 0 unspecified atom stereocenters. The van der Waals surface area contributed by atoms with Gasteiger partial charge >= 0.3 is 0 Å². The van der Waals surface area contributed by atoms with Crippen LogP contribution >= 0.6 is 0 Å². The third-order valence-electron chi connectivity index (χ3n) is 2.49. The lowest BCUT2D eigenvalue weighted by Gasteiger charge is -2.02. The Morgan fingerprint density at radius 2 is 2.14 bits per heavy atom. The number of rotatable bonds is 4. The summed E-state index contributed by atoms with van der Waals surface area (Å²) < 4.78 is 5.11. The topological polar surface area (TPSA) is 29.5 Å². The van der Waals surface area contributed by atoms with Gasteiger partial charge < -0.3 is 9.84 Å². The van der Waals surface area contributed by atoms with Crippen molar-refractivity contribution in [3.8, 4) is 11.8 Å². The van der Waals surface area contributed by atoms with Crippen molar-refractivity contribution in [1.82, 2.24) is 0 Å². The van der Waals surface area contributed by atoms with Gasteiger partial charge in [0.05, 0.1) is 25.2 Å². The summed E-state index contributed by atoms with van der Waals surface area (Å²) in [7, 11) is 0. The molecule has 0 aromatic rings. The van der Waals surface area contributed by atoms with Crippen LogP contribution in [0, 0.1) is 17.8 Å². The fraction of sp³-hybridized carbons (Fsp3) is 0.833. The number of aliphatic hydroxyl groups is 1. The van der Waals surface area contributed by atoms with E-state index in [1.165, 1.54) is 25.7 Å². The van der Waals surface area contributed by atoms with Crippen molar-refractivity contribution in [3.63, 3.8) is 0 Å². The van der Waals surface area contributed by atoms with Crippen LogP contribution in [0.1, 0.15) is 39.0 Å². The van der Waals surface area contributed by atoms with E-state index in [0.717, 1.165) is 6.42 Å². The third kappa shape index (κ3) is 4.13. The van der Waals surface area contributed by atoms with Crippen LogP contribution in [0.2, 0.25) is 0 Å². The first-order chi connectivity index (χ1) is 6.84. The summed E-state index contributed by atoms with van der Waals surface area (Å²) in [5.74, 6) is 6.27. The van der Waals surface area contributed by atoms with E-state index in [4.69, 9.17) is 4.74 Å². The molecule has 2 heteroatoms. The maximum atomic E-state index is 9.40. The van der Waals surface area contributed by atoms with Gasteiger partial charge in [0, 0.05) is 6.42 Å². The predicted molar refractivity (Wildman–Crippen MR) is 56.9 cm³/mol. The molecule has 0 amide bonds. The van der Waals surface area contributed by atoms with Gasteiger partial charge in [-0.05, 0) is 6.42 Å². The van der Waals surface area contributed by atoms with Crippen molar-refractivity contribution < 1.29 is 9.84 Å². The van der Waals surface area contributed by atoms with Crippen LogP contribution in [0.3, 0.4) is 0 Å². The highest BCUT2D eigenvalue weighted by Crippen LogP contribution is 2.12. The molecule has 1 N–H and O–H groups in total. The Hall–Kier alpha value is -0.520. The molecular formula is C12H20O2.